The van der Waals surface area contributed by atoms with Crippen LogP contribution in [0.3, 0.4) is 0 Å². The Labute approximate surface area is 256 Å². The Bertz CT molecular complexity index is 1240. The fourth-order valence-corrected chi connectivity index (χ4v) is 6.23. The van der Waals surface area contributed by atoms with Gasteiger partial charge >= 0.3 is 29.6 Å². The van der Waals surface area contributed by atoms with Crippen LogP contribution in [0.5, 0.6) is 0 Å². The topological polar surface area (TPSA) is 60.4 Å². The summed E-state index contributed by atoms with van der Waals surface area (Å²) in [4.78, 5) is 12.1. The Morgan fingerprint density at radius 2 is 1.67 bits per heavy atom. The predicted octanol–water partition coefficient (Wildman–Crippen LogP) is 4.05. The maximum Gasteiger partial charge on any atom is 1.00 e. The molecule has 2 unspecified atom stereocenters. The van der Waals surface area contributed by atoms with Crippen molar-refractivity contribution in [2.45, 2.75) is 90.8 Å². The van der Waals surface area contributed by atoms with Gasteiger partial charge in [0.2, 0.25) is 0 Å². The molecule has 204 valence electrons. The first-order chi connectivity index (χ1) is 18.0. The molecule has 0 saturated carbocycles. The maximum atomic E-state index is 16.5. The van der Waals surface area contributed by atoms with Crippen LogP contribution in [0.15, 0.2) is 66.8 Å². The second-order valence-electron chi connectivity index (χ2n) is 10.8. The smallest absolute Gasteiger partial charge is 0.550 e. The second kappa shape index (κ2) is 13.6. The van der Waals surface area contributed by atoms with Gasteiger partial charge < -0.3 is 15.0 Å². The van der Waals surface area contributed by atoms with Crippen molar-refractivity contribution in [3.63, 3.8) is 0 Å². The standard InChI is InChI=1S/C34H43FO3.Na/c1-7-32(38,8-2)19-17-26-15-16-28(21-25(26)6)33(9-3,10-4)34(23-31(36)37)20-18-27(22-30(34)35)29-14-12-11-13-24(29)5;/h11-22,30,38H,7-10,23H2,1-6H3,(H,36,37);/q;+1/p-1/b19-17+;. The second-order valence-corrected chi connectivity index (χ2v) is 10.8. The van der Waals surface area contributed by atoms with E-state index in [4.69, 9.17) is 0 Å². The summed E-state index contributed by atoms with van der Waals surface area (Å²) < 4.78 is 16.5. The number of rotatable bonds is 11. The van der Waals surface area contributed by atoms with Crippen LogP contribution >= 0.6 is 0 Å². The molecule has 2 atom stereocenters. The summed E-state index contributed by atoms with van der Waals surface area (Å²) in [6.07, 6.45) is 9.52. The first-order valence-electron chi connectivity index (χ1n) is 13.8. The number of alkyl halides is 1. The number of aliphatic carboxylic acids is 1. The van der Waals surface area contributed by atoms with Crippen LogP contribution in [-0.2, 0) is 10.2 Å². The Balaban J connectivity index is 0.00000533. The zero-order chi connectivity index (χ0) is 28.1. The van der Waals surface area contributed by atoms with Crippen molar-refractivity contribution in [2.75, 3.05) is 0 Å². The van der Waals surface area contributed by atoms with Gasteiger partial charge in [-0.15, -0.1) is 0 Å². The molecule has 1 N–H and O–H groups in total. The molecule has 1 aliphatic rings. The fourth-order valence-electron chi connectivity index (χ4n) is 6.23. The van der Waals surface area contributed by atoms with Crippen molar-refractivity contribution in [3.8, 4) is 0 Å². The summed E-state index contributed by atoms with van der Waals surface area (Å²) in [5, 5.41) is 22.8. The van der Waals surface area contributed by atoms with Gasteiger partial charge in [0, 0.05) is 23.2 Å². The average Bonchev–Trinajstić information content (AvgIpc) is 2.90. The van der Waals surface area contributed by atoms with Gasteiger partial charge in [0.25, 0.3) is 0 Å². The van der Waals surface area contributed by atoms with Crippen molar-refractivity contribution in [3.05, 3.63) is 94.6 Å². The molecule has 3 rings (SSSR count). The number of carboxylic acid groups (broad SMARTS) is 1. The minimum absolute atomic E-state index is 0. The van der Waals surface area contributed by atoms with Gasteiger partial charge in [0.15, 0.2) is 0 Å². The molecule has 0 saturated heterocycles. The fraction of sp³-hybridized carbons (Fsp3) is 0.441. The molecule has 0 amide bonds. The van der Waals surface area contributed by atoms with Gasteiger partial charge in [-0.3, -0.25) is 0 Å². The van der Waals surface area contributed by atoms with Crippen LogP contribution in [0.4, 0.5) is 4.39 Å². The Hall–Kier alpha value is -1.98. The Morgan fingerprint density at radius 1 is 1.03 bits per heavy atom. The molecule has 0 bridgehead atoms. The summed E-state index contributed by atoms with van der Waals surface area (Å²) in [6, 6.07) is 13.9. The van der Waals surface area contributed by atoms with E-state index < -0.39 is 35.0 Å². The van der Waals surface area contributed by atoms with Crippen LogP contribution in [0.25, 0.3) is 11.6 Å². The number of carbonyl (C=O) groups is 1. The molecule has 0 aliphatic heterocycles. The predicted molar refractivity (Wildman–Crippen MR) is 153 cm³/mol. The van der Waals surface area contributed by atoms with E-state index in [1.807, 2.05) is 96.2 Å². The third kappa shape index (κ3) is 6.51. The molecule has 39 heavy (non-hydrogen) atoms. The molecule has 0 aromatic heterocycles. The number of carboxylic acids is 1. The monoisotopic (exact) mass is 540 g/mol. The van der Waals surface area contributed by atoms with Crippen LogP contribution in [0.2, 0.25) is 0 Å². The van der Waals surface area contributed by atoms with Gasteiger partial charge in [0.05, 0.1) is 5.60 Å². The van der Waals surface area contributed by atoms with Crippen LogP contribution in [0.1, 0.15) is 87.6 Å². The van der Waals surface area contributed by atoms with Crippen molar-refractivity contribution >= 4 is 17.6 Å². The molecule has 2 aromatic carbocycles. The van der Waals surface area contributed by atoms with E-state index in [9.17, 15) is 15.0 Å². The quantitative estimate of drug-likeness (QED) is 0.438. The van der Waals surface area contributed by atoms with Gasteiger partial charge in [-0.1, -0.05) is 94.5 Å². The zero-order valence-corrected chi connectivity index (χ0v) is 26.7. The van der Waals surface area contributed by atoms with Gasteiger partial charge in [0.1, 0.15) is 6.17 Å². The van der Waals surface area contributed by atoms with E-state index in [0.29, 0.717) is 25.7 Å². The number of aryl methyl sites for hydroxylation is 2. The molecule has 0 radical (unpaired) electrons. The largest absolute Gasteiger partial charge is 1.00 e. The van der Waals surface area contributed by atoms with E-state index in [0.717, 1.165) is 33.4 Å². The van der Waals surface area contributed by atoms with E-state index in [-0.39, 0.29) is 29.6 Å². The number of allylic oxidation sites excluding steroid dienone is 4. The molecule has 0 heterocycles. The van der Waals surface area contributed by atoms with Crippen LogP contribution < -0.4 is 34.7 Å². The normalized spacial score (nSPS) is 19.6. The van der Waals surface area contributed by atoms with E-state index >= 15 is 4.39 Å². The van der Waals surface area contributed by atoms with Crippen molar-refractivity contribution < 1.29 is 49.0 Å². The van der Waals surface area contributed by atoms with Crippen molar-refractivity contribution in [1.29, 1.82) is 0 Å². The van der Waals surface area contributed by atoms with Gasteiger partial charge in [-0.05, 0) is 79.0 Å². The summed E-state index contributed by atoms with van der Waals surface area (Å²) in [6.45, 7) is 11.9. The van der Waals surface area contributed by atoms with E-state index in [1.54, 1.807) is 12.2 Å². The molecular formula is C34H42FNaO3. The molecular weight excluding hydrogens is 498 g/mol. The number of carbonyl (C=O) groups excluding carboxylic acids is 1. The number of hydrogen-bond acceptors (Lipinski definition) is 3. The molecule has 0 fully saturated rings. The molecule has 5 heteroatoms. The van der Waals surface area contributed by atoms with E-state index in [1.165, 1.54) is 0 Å². The zero-order valence-electron chi connectivity index (χ0n) is 24.7. The van der Waals surface area contributed by atoms with Crippen molar-refractivity contribution in [2.24, 2.45) is 5.41 Å². The van der Waals surface area contributed by atoms with Crippen LogP contribution in [0, 0.1) is 19.3 Å². The molecule has 0 spiro atoms. The van der Waals surface area contributed by atoms with E-state index in [2.05, 4.69) is 6.07 Å². The number of aliphatic hydroxyl groups is 1. The molecule has 3 nitrogen and oxygen atoms in total. The van der Waals surface area contributed by atoms with Gasteiger partial charge in [-0.25, -0.2) is 4.39 Å². The molecule has 2 aromatic rings. The average molecular weight is 541 g/mol. The van der Waals surface area contributed by atoms with Crippen molar-refractivity contribution in [1.82, 2.24) is 0 Å². The summed E-state index contributed by atoms with van der Waals surface area (Å²) >= 11 is 0. The Kier molecular flexibility index (Phi) is 11.6. The van der Waals surface area contributed by atoms with Crippen LogP contribution in [-0.4, -0.2) is 22.8 Å². The molecule has 1 aliphatic carbocycles. The number of benzene rings is 2. The minimum Gasteiger partial charge on any atom is -0.550 e. The number of halogens is 1. The third-order valence-corrected chi connectivity index (χ3v) is 8.99. The summed E-state index contributed by atoms with van der Waals surface area (Å²) in [5.41, 5.74) is 2.72. The third-order valence-electron chi connectivity index (χ3n) is 8.99. The van der Waals surface area contributed by atoms with Gasteiger partial charge in [-0.2, -0.15) is 0 Å². The maximum absolute atomic E-state index is 16.5. The number of hydrogen-bond donors (Lipinski definition) is 1. The summed E-state index contributed by atoms with van der Waals surface area (Å²) in [5.74, 6) is -1.26. The minimum atomic E-state index is -1.51. The Morgan fingerprint density at radius 3 is 2.18 bits per heavy atom. The SMILES string of the molecule is CCC(O)(/C=C/c1ccc(C(CC)(CC)C2(CC(=O)[O-])C=CC(c3ccccc3C)=CC2F)cc1C)CC.[Na+]. The first-order valence-corrected chi connectivity index (χ1v) is 13.8. The summed E-state index contributed by atoms with van der Waals surface area (Å²) in [7, 11) is 0. The first kappa shape index (κ1) is 33.2.